The Morgan fingerprint density at radius 2 is 1.94 bits per heavy atom. The second kappa shape index (κ2) is 9.49. The minimum absolute atomic E-state index is 0.0353. The molecule has 2 aromatic carbocycles. The number of fused-ring (bicyclic) bond motifs is 1. The van der Waals surface area contributed by atoms with E-state index in [0.717, 1.165) is 10.9 Å². The second-order valence-corrected chi connectivity index (χ2v) is 8.21. The van der Waals surface area contributed by atoms with Crippen molar-refractivity contribution in [3.63, 3.8) is 0 Å². The molecule has 0 saturated carbocycles. The number of benzene rings is 2. The summed E-state index contributed by atoms with van der Waals surface area (Å²) < 4.78 is 53.3. The molecular formula is C24H25F3N4O4. The molecule has 0 saturated heterocycles. The molecule has 0 spiro atoms. The molecule has 3 atom stereocenters. The Balaban J connectivity index is 1.68. The van der Waals surface area contributed by atoms with E-state index in [1.54, 1.807) is 49.4 Å². The van der Waals surface area contributed by atoms with Crippen LogP contribution in [-0.4, -0.2) is 41.2 Å². The van der Waals surface area contributed by atoms with Gasteiger partial charge in [-0.25, -0.2) is 4.68 Å². The molecule has 1 aliphatic rings. The van der Waals surface area contributed by atoms with Crippen LogP contribution in [0.15, 0.2) is 48.7 Å². The van der Waals surface area contributed by atoms with Crippen molar-refractivity contribution in [2.75, 3.05) is 24.9 Å². The van der Waals surface area contributed by atoms with E-state index in [2.05, 4.69) is 15.7 Å². The van der Waals surface area contributed by atoms with Gasteiger partial charge < -0.3 is 25.2 Å². The van der Waals surface area contributed by atoms with Crippen LogP contribution in [0.4, 0.5) is 24.7 Å². The van der Waals surface area contributed by atoms with Crippen LogP contribution in [0.1, 0.15) is 53.0 Å². The average molecular weight is 490 g/mol. The maximum Gasteiger partial charge on any atom is 0.410 e. The second-order valence-electron chi connectivity index (χ2n) is 8.21. The molecule has 2 heterocycles. The van der Waals surface area contributed by atoms with E-state index >= 15 is 0 Å². The summed E-state index contributed by atoms with van der Waals surface area (Å²) in [7, 11) is 2.91. The van der Waals surface area contributed by atoms with Gasteiger partial charge in [-0.05, 0) is 42.3 Å². The summed E-state index contributed by atoms with van der Waals surface area (Å²) in [6, 6.07) is 8.76. The fourth-order valence-corrected chi connectivity index (χ4v) is 4.09. The van der Waals surface area contributed by atoms with Crippen molar-refractivity contribution in [1.29, 1.82) is 0 Å². The van der Waals surface area contributed by atoms with Crippen LogP contribution in [0.5, 0.6) is 11.5 Å². The van der Waals surface area contributed by atoms with Crippen molar-refractivity contribution in [3.8, 4) is 11.5 Å². The predicted octanol–water partition coefficient (Wildman–Crippen LogP) is 4.87. The molecule has 186 valence electrons. The zero-order valence-electron chi connectivity index (χ0n) is 19.3. The molecule has 4 rings (SSSR count). The number of rotatable bonds is 6. The Labute approximate surface area is 199 Å². The highest BCUT2D eigenvalue weighted by molar-refractivity contribution is 6.07. The van der Waals surface area contributed by atoms with Crippen molar-refractivity contribution in [2.24, 2.45) is 0 Å². The molecular weight excluding hydrogens is 465 g/mol. The highest BCUT2D eigenvalue weighted by Crippen LogP contribution is 2.45. The molecule has 11 heteroatoms. The number of nitrogens with zero attached hydrogens (tertiary/aromatic N) is 2. The van der Waals surface area contributed by atoms with Crippen molar-refractivity contribution < 1.29 is 32.5 Å². The van der Waals surface area contributed by atoms with Crippen LogP contribution in [-0.2, 0) is 0 Å². The Hall–Kier alpha value is -3.73. The molecule has 1 aliphatic heterocycles. The van der Waals surface area contributed by atoms with Crippen LogP contribution in [0, 0.1) is 0 Å². The van der Waals surface area contributed by atoms with Gasteiger partial charge in [0.25, 0.3) is 5.91 Å². The van der Waals surface area contributed by atoms with Gasteiger partial charge in [0.05, 0.1) is 32.6 Å². The molecule has 0 fully saturated rings. The Morgan fingerprint density at radius 1 is 1.20 bits per heavy atom. The molecule has 35 heavy (non-hydrogen) atoms. The van der Waals surface area contributed by atoms with Crippen molar-refractivity contribution in [1.82, 2.24) is 9.78 Å². The molecule has 0 bridgehead atoms. The minimum atomic E-state index is -4.59. The monoisotopic (exact) mass is 490 g/mol. The third kappa shape index (κ3) is 4.90. The third-order valence-corrected chi connectivity index (χ3v) is 5.92. The number of hydrogen-bond donors (Lipinski definition) is 3. The fraction of sp³-hybridized carbons (Fsp3) is 0.333. The number of ether oxygens (including phenoxy) is 2. The maximum absolute atomic E-state index is 14.0. The zero-order chi connectivity index (χ0) is 25.3. The molecule has 8 nitrogen and oxygen atoms in total. The summed E-state index contributed by atoms with van der Waals surface area (Å²) >= 11 is 0. The summed E-state index contributed by atoms with van der Waals surface area (Å²) in [4.78, 5) is 13.0. The number of carbonyl (C=O) groups is 1. The number of aromatic nitrogens is 2. The number of methoxy groups -OCH3 is 2. The van der Waals surface area contributed by atoms with E-state index in [0.29, 0.717) is 28.3 Å². The van der Waals surface area contributed by atoms with E-state index < -0.39 is 30.3 Å². The number of aliphatic hydroxyl groups is 1. The lowest BCUT2D eigenvalue weighted by Gasteiger charge is -2.34. The topological polar surface area (TPSA) is 97.6 Å². The summed E-state index contributed by atoms with van der Waals surface area (Å²) in [6.45, 7) is 1.59. The number of halogens is 3. The third-order valence-electron chi connectivity index (χ3n) is 5.92. The van der Waals surface area contributed by atoms with Crippen LogP contribution in [0.3, 0.4) is 0 Å². The van der Waals surface area contributed by atoms with Gasteiger partial charge in [0.2, 0.25) is 0 Å². The summed E-state index contributed by atoms with van der Waals surface area (Å²) in [6.07, 6.45) is -4.54. The number of hydrogen-bond acceptors (Lipinski definition) is 6. The SMILES string of the molecule is COc1ccc([C@@H]2C[C@@H](C(F)(F)F)n3ncc(C(=O)Nc4cccc([C@@H](C)O)c4)c3N2)cc1OC. The summed E-state index contributed by atoms with van der Waals surface area (Å²) in [5.74, 6) is 0.160. The first-order valence-electron chi connectivity index (χ1n) is 10.8. The van der Waals surface area contributed by atoms with E-state index in [-0.39, 0.29) is 17.8 Å². The average Bonchev–Trinajstić information content (AvgIpc) is 3.26. The Morgan fingerprint density at radius 3 is 2.60 bits per heavy atom. The lowest BCUT2D eigenvalue weighted by Crippen LogP contribution is -2.36. The van der Waals surface area contributed by atoms with Crippen LogP contribution >= 0.6 is 0 Å². The van der Waals surface area contributed by atoms with E-state index in [1.807, 2.05) is 0 Å². The van der Waals surface area contributed by atoms with E-state index in [4.69, 9.17) is 9.47 Å². The summed E-state index contributed by atoms with van der Waals surface area (Å²) in [5, 5.41) is 19.4. The maximum atomic E-state index is 14.0. The smallest absolute Gasteiger partial charge is 0.410 e. The molecule has 3 aromatic rings. The molecule has 1 aromatic heterocycles. The molecule has 1 amide bonds. The number of anilines is 2. The molecule has 0 radical (unpaired) electrons. The number of carbonyl (C=O) groups excluding carboxylic acids is 1. The van der Waals surface area contributed by atoms with Crippen molar-refractivity contribution >= 4 is 17.4 Å². The number of alkyl halides is 3. The van der Waals surface area contributed by atoms with Crippen molar-refractivity contribution in [3.05, 3.63) is 65.4 Å². The van der Waals surface area contributed by atoms with Gasteiger partial charge in [0, 0.05) is 12.1 Å². The quantitative estimate of drug-likeness (QED) is 0.456. The Bertz CT molecular complexity index is 1230. The highest BCUT2D eigenvalue weighted by Gasteiger charge is 2.47. The van der Waals surface area contributed by atoms with Gasteiger partial charge in [0.15, 0.2) is 17.5 Å². The predicted molar refractivity (Wildman–Crippen MR) is 123 cm³/mol. The van der Waals surface area contributed by atoms with Gasteiger partial charge in [0.1, 0.15) is 11.4 Å². The molecule has 0 unspecified atom stereocenters. The number of amides is 1. The van der Waals surface area contributed by atoms with Gasteiger partial charge in [-0.3, -0.25) is 4.79 Å². The Kier molecular flexibility index (Phi) is 6.62. The van der Waals surface area contributed by atoms with Crippen LogP contribution < -0.4 is 20.1 Å². The van der Waals surface area contributed by atoms with Crippen LogP contribution in [0.2, 0.25) is 0 Å². The van der Waals surface area contributed by atoms with Crippen molar-refractivity contribution in [2.45, 2.75) is 37.7 Å². The lowest BCUT2D eigenvalue weighted by atomic mass is 9.96. The lowest BCUT2D eigenvalue weighted by molar-refractivity contribution is -0.173. The first-order valence-corrected chi connectivity index (χ1v) is 10.8. The van der Waals surface area contributed by atoms with Crippen LogP contribution in [0.25, 0.3) is 0 Å². The largest absolute Gasteiger partial charge is 0.493 e. The first kappa shape index (κ1) is 24.4. The van der Waals surface area contributed by atoms with Gasteiger partial charge in [-0.1, -0.05) is 18.2 Å². The first-order chi connectivity index (χ1) is 16.6. The number of nitrogens with one attached hydrogen (secondary N) is 2. The molecule has 0 aliphatic carbocycles. The normalized spacial score (nSPS) is 18.3. The molecule has 3 N–H and O–H groups in total. The summed E-state index contributed by atoms with van der Waals surface area (Å²) in [5.41, 5.74) is 1.49. The minimum Gasteiger partial charge on any atom is -0.493 e. The zero-order valence-corrected chi connectivity index (χ0v) is 19.3. The van der Waals surface area contributed by atoms with Gasteiger partial charge >= 0.3 is 6.18 Å². The highest BCUT2D eigenvalue weighted by atomic mass is 19.4. The number of aliphatic hydroxyl groups excluding tert-OH is 1. The standard InChI is InChI=1S/C24H25F3N4O4/c1-13(32)14-5-4-6-16(9-14)29-23(33)17-12-28-31-21(24(25,26)27)11-18(30-22(17)31)15-7-8-19(34-2)20(10-15)35-3/h4-10,12-13,18,21,30,32H,11H2,1-3H3,(H,29,33)/t13-,18+,21+/m1/s1. The van der Waals surface area contributed by atoms with Gasteiger partial charge in [-0.2, -0.15) is 18.3 Å². The van der Waals surface area contributed by atoms with E-state index in [1.165, 1.54) is 14.2 Å². The van der Waals surface area contributed by atoms with E-state index in [9.17, 15) is 23.1 Å². The fourth-order valence-electron chi connectivity index (χ4n) is 4.09. The van der Waals surface area contributed by atoms with Gasteiger partial charge in [-0.15, -0.1) is 0 Å².